The van der Waals surface area contributed by atoms with E-state index in [0.717, 1.165) is 24.8 Å². The van der Waals surface area contributed by atoms with E-state index in [1.165, 1.54) is 27.4 Å². The van der Waals surface area contributed by atoms with Crippen molar-refractivity contribution in [3.8, 4) is 0 Å². The van der Waals surface area contributed by atoms with Crippen LogP contribution in [0.15, 0.2) is 46.9 Å². The fourth-order valence-corrected chi connectivity index (χ4v) is 8.23. The number of halogens is 3. The number of amides is 4. The molecule has 0 bridgehead atoms. The minimum atomic E-state index is -4.31. The molecule has 0 radical (unpaired) electrons. The Kier molecular flexibility index (Phi) is 8.92. The summed E-state index contributed by atoms with van der Waals surface area (Å²) in [5.41, 5.74) is 0.830. The Morgan fingerprint density at radius 2 is 1.88 bits per heavy atom. The van der Waals surface area contributed by atoms with Crippen molar-refractivity contribution in [2.45, 2.75) is 73.6 Å². The van der Waals surface area contributed by atoms with E-state index in [-0.39, 0.29) is 51.8 Å². The molecule has 222 valence electrons. The molecular formula is C27H32Cl3N5O5S. The fourth-order valence-electron chi connectivity index (χ4n) is 5.73. The van der Waals surface area contributed by atoms with Gasteiger partial charge < -0.3 is 20.4 Å². The first-order valence-corrected chi connectivity index (χ1v) is 16.3. The van der Waals surface area contributed by atoms with E-state index >= 15 is 0 Å². The first-order chi connectivity index (χ1) is 19.5. The van der Waals surface area contributed by atoms with E-state index in [1.807, 2.05) is 18.2 Å². The molecule has 10 nitrogen and oxygen atoms in total. The summed E-state index contributed by atoms with van der Waals surface area (Å²) >= 11 is 18.6. The summed E-state index contributed by atoms with van der Waals surface area (Å²) in [6.07, 6.45) is 7.97. The number of carbonyl (C=O) groups excluding carboxylic acids is 3. The van der Waals surface area contributed by atoms with Crippen LogP contribution in [0, 0.1) is 0 Å². The number of allylic oxidation sites excluding steroid dienone is 3. The predicted octanol–water partition coefficient (Wildman–Crippen LogP) is 3.49. The molecule has 4 amide bonds. The first kappa shape index (κ1) is 30.2. The maximum absolute atomic E-state index is 14.2. The van der Waals surface area contributed by atoms with Crippen LogP contribution in [0.2, 0.25) is 10.0 Å². The van der Waals surface area contributed by atoms with Crippen molar-refractivity contribution in [1.82, 2.24) is 24.7 Å². The van der Waals surface area contributed by atoms with E-state index in [4.69, 9.17) is 34.8 Å². The Balaban J connectivity index is 1.58. The quantitative estimate of drug-likeness (QED) is 0.441. The number of nitrogens with zero attached hydrogens (tertiary/aromatic N) is 3. The van der Waals surface area contributed by atoms with Gasteiger partial charge in [0.05, 0.1) is 16.9 Å². The van der Waals surface area contributed by atoms with Gasteiger partial charge in [-0.1, -0.05) is 41.4 Å². The lowest BCUT2D eigenvalue weighted by Crippen LogP contribution is -2.76. The van der Waals surface area contributed by atoms with Gasteiger partial charge in [-0.2, -0.15) is 4.31 Å². The monoisotopic (exact) mass is 643 g/mol. The maximum atomic E-state index is 14.2. The Labute approximate surface area is 254 Å². The average molecular weight is 645 g/mol. The number of hydrogen-bond acceptors (Lipinski definition) is 5. The second-order valence-corrected chi connectivity index (χ2v) is 13.9. The number of fused-ring (bicyclic) bond motifs is 1. The number of sulfonamides is 1. The number of carbonyl (C=O) groups is 3. The van der Waals surface area contributed by atoms with Gasteiger partial charge in [-0.05, 0) is 56.4 Å². The third-order valence-electron chi connectivity index (χ3n) is 8.02. The van der Waals surface area contributed by atoms with Gasteiger partial charge in [-0.15, -0.1) is 11.6 Å². The smallest absolute Gasteiger partial charge is 0.315 e. The summed E-state index contributed by atoms with van der Waals surface area (Å²) in [5.74, 6) is -0.751. The molecule has 3 fully saturated rings. The van der Waals surface area contributed by atoms with Crippen LogP contribution in [-0.2, 0) is 19.6 Å². The molecule has 0 aromatic heterocycles. The lowest BCUT2D eigenvalue weighted by Gasteiger charge is -2.55. The molecule has 2 aliphatic heterocycles. The largest absolute Gasteiger partial charge is 0.338 e. The van der Waals surface area contributed by atoms with Crippen molar-refractivity contribution in [2.75, 3.05) is 19.6 Å². The molecule has 5 rings (SSSR count). The Morgan fingerprint density at radius 1 is 1.12 bits per heavy atom. The third-order valence-corrected chi connectivity index (χ3v) is 10.9. The number of piperazine rings is 1. The van der Waals surface area contributed by atoms with Gasteiger partial charge in [0.2, 0.25) is 21.8 Å². The third kappa shape index (κ3) is 5.97. The van der Waals surface area contributed by atoms with E-state index in [2.05, 4.69) is 10.6 Å². The Morgan fingerprint density at radius 3 is 2.49 bits per heavy atom. The molecule has 1 saturated carbocycles. The lowest BCUT2D eigenvalue weighted by molar-refractivity contribution is -0.170. The zero-order valence-corrected chi connectivity index (χ0v) is 25.5. The molecule has 4 aliphatic rings. The summed E-state index contributed by atoms with van der Waals surface area (Å²) in [6, 6.07) is 1.25. The van der Waals surface area contributed by atoms with Crippen molar-refractivity contribution in [1.29, 1.82) is 0 Å². The standard InChI is InChI=1S/C27H32Cl3N5O5S/c1-2-31-27(38)32-21-14-34(41(39,40)23-11-10-18(29)13-20(23)30)24-15-33(19-4-3-5-19)26(37)22(35(24)25(21)36)12-16-6-8-17(28)9-7-16/h6-8,10-11,13,17,19,21-22,24H,2-5,9,12,14-15H2,1H3,(H2,31,32,38). The summed E-state index contributed by atoms with van der Waals surface area (Å²) in [6.45, 7) is 1.72. The average Bonchev–Trinajstić information content (AvgIpc) is 2.88. The van der Waals surface area contributed by atoms with Crippen LogP contribution in [0.4, 0.5) is 4.79 Å². The highest BCUT2D eigenvalue weighted by Gasteiger charge is 2.55. The topological polar surface area (TPSA) is 119 Å². The van der Waals surface area contributed by atoms with Crippen molar-refractivity contribution >= 4 is 62.7 Å². The molecular weight excluding hydrogens is 613 g/mol. The predicted molar refractivity (Wildman–Crippen MR) is 156 cm³/mol. The summed E-state index contributed by atoms with van der Waals surface area (Å²) < 4.78 is 29.6. The zero-order chi connectivity index (χ0) is 29.5. The van der Waals surface area contributed by atoms with Crippen LogP contribution in [0.3, 0.4) is 0 Å². The van der Waals surface area contributed by atoms with E-state index in [0.29, 0.717) is 13.0 Å². The minimum absolute atomic E-state index is 0.0166. The molecule has 14 heteroatoms. The molecule has 1 aromatic rings. The summed E-state index contributed by atoms with van der Waals surface area (Å²) in [7, 11) is -4.31. The second kappa shape index (κ2) is 12.1. The van der Waals surface area contributed by atoms with Crippen LogP contribution in [0.1, 0.15) is 39.0 Å². The maximum Gasteiger partial charge on any atom is 0.315 e. The van der Waals surface area contributed by atoms with Crippen molar-refractivity contribution < 1.29 is 22.8 Å². The van der Waals surface area contributed by atoms with E-state index < -0.39 is 40.2 Å². The second-order valence-electron chi connectivity index (χ2n) is 10.6. The SMILES string of the molecule is CCNC(=O)NC1CN(S(=O)(=O)c2ccc(Cl)cc2Cl)C2CN(C3CCC3)C(=O)C(CC3=CCC(Cl)C=C3)N2C1=O. The summed E-state index contributed by atoms with van der Waals surface area (Å²) in [5, 5.41) is 5.23. The highest BCUT2D eigenvalue weighted by Crippen LogP contribution is 2.38. The first-order valence-electron chi connectivity index (χ1n) is 13.7. The van der Waals surface area contributed by atoms with Crippen LogP contribution >= 0.6 is 34.8 Å². The van der Waals surface area contributed by atoms with Gasteiger partial charge in [-0.3, -0.25) is 9.59 Å². The Bertz CT molecular complexity index is 1400. The highest BCUT2D eigenvalue weighted by molar-refractivity contribution is 7.89. The van der Waals surface area contributed by atoms with Gasteiger partial charge in [0.15, 0.2) is 0 Å². The van der Waals surface area contributed by atoms with Crippen molar-refractivity contribution in [3.63, 3.8) is 0 Å². The molecule has 2 heterocycles. The normalized spacial score (nSPS) is 27.3. The van der Waals surface area contributed by atoms with Crippen LogP contribution in [0.5, 0.6) is 0 Å². The van der Waals surface area contributed by atoms with Gasteiger partial charge in [0, 0.05) is 30.6 Å². The van der Waals surface area contributed by atoms with Gasteiger partial charge in [0.1, 0.15) is 23.1 Å². The number of benzene rings is 1. The van der Waals surface area contributed by atoms with E-state index in [1.54, 1.807) is 11.8 Å². The number of urea groups is 1. The Hall–Kier alpha value is -2.31. The minimum Gasteiger partial charge on any atom is -0.338 e. The molecule has 4 unspecified atom stereocenters. The fraction of sp³-hybridized carbons (Fsp3) is 0.519. The van der Waals surface area contributed by atoms with Crippen LogP contribution in [0.25, 0.3) is 0 Å². The highest BCUT2D eigenvalue weighted by atomic mass is 35.5. The van der Waals surface area contributed by atoms with Crippen LogP contribution in [-0.4, -0.2) is 89.7 Å². The molecule has 2 N–H and O–H groups in total. The zero-order valence-electron chi connectivity index (χ0n) is 22.4. The van der Waals surface area contributed by atoms with Crippen LogP contribution < -0.4 is 10.6 Å². The molecule has 1 aromatic carbocycles. The molecule has 41 heavy (non-hydrogen) atoms. The summed E-state index contributed by atoms with van der Waals surface area (Å²) in [4.78, 5) is 43.4. The number of nitrogens with one attached hydrogen (secondary N) is 2. The van der Waals surface area contributed by atoms with E-state index in [9.17, 15) is 22.8 Å². The van der Waals surface area contributed by atoms with Crippen molar-refractivity contribution in [2.24, 2.45) is 0 Å². The van der Waals surface area contributed by atoms with Gasteiger partial charge >= 0.3 is 6.03 Å². The number of alkyl halides is 1. The molecule has 0 spiro atoms. The molecule has 2 aliphatic carbocycles. The molecule has 2 saturated heterocycles. The van der Waals surface area contributed by atoms with Crippen molar-refractivity contribution in [3.05, 3.63) is 52.0 Å². The molecule has 4 atom stereocenters. The number of hydrogen-bond donors (Lipinski definition) is 2. The lowest BCUT2D eigenvalue weighted by atomic mass is 9.88. The van der Waals surface area contributed by atoms with Gasteiger partial charge in [0.25, 0.3) is 0 Å². The number of rotatable bonds is 7. The van der Waals surface area contributed by atoms with Gasteiger partial charge in [-0.25, -0.2) is 13.2 Å².